The van der Waals surface area contributed by atoms with Crippen molar-refractivity contribution in [1.82, 2.24) is 0 Å². The number of Topliss-reactive ketones (excluding diaryl/α,β-unsaturated/α-hetero) is 1. The number of ketones is 1. The van der Waals surface area contributed by atoms with Gasteiger partial charge in [-0.25, -0.2) is 0 Å². The number of hydrogen-bond acceptors (Lipinski definition) is 2. The summed E-state index contributed by atoms with van der Waals surface area (Å²) in [6.45, 7) is 2.03. The average Bonchev–Trinajstić information content (AvgIpc) is 3.19. The van der Waals surface area contributed by atoms with Gasteiger partial charge in [0.25, 0.3) is 0 Å². The number of hydrogen-bond donors (Lipinski definition) is 1. The van der Waals surface area contributed by atoms with Crippen LogP contribution in [0, 0.1) is 34.5 Å². The molecule has 3 saturated carbocycles. The van der Waals surface area contributed by atoms with E-state index in [-0.39, 0.29) is 29.5 Å². The summed E-state index contributed by atoms with van der Waals surface area (Å²) in [5, 5.41) is 9.17. The second kappa shape index (κ2) is 6.13. The summed E-state index contributed by atoms with van der Waals surface area (Å²) in [7, 11) is 0. The van der Waals surface area contributed by atoms with Crippen LogP contribution in [0.2, 0.25) is 0 Å². The molecule has 0 heterocycles. The van der Waals surface area contributed by atoms with Gasteiger partial charge in [-0.2, -0.15) is 26.3 Å². The summed E-state index contributed by atoms with van der Waals surface area (Å²) >= 11 is 0. The molecule has 3 atom stereocenters. The zero-order valence-electron chi connectivity index (χ0n) is 14.9. The molecular weight excluding hydrogens is 374 g/mol. The topological polar surface area (TPSA) is 37.3 Å². The number of carbonyl (C=O) groups excluding carboxylic acids is 1. The molecule has 0 spiro atoms. The molecule has 0 amide bonds. The number of aliphatic hydroxyl groups is 1. The lowest BCUT2D eigenvalue weighted by Gasteiger charge is -2.43. The third kappa shape index (κ3) is 3.16. The Labute approximate surface area is 153 Å². The highest BCUT2D eigenvalue weighted by Gasteiger charge is 2.70. The number of fused-ring (bicyclic) bond motifs is 1. The Morgan fingerprint density at radius 2 is 1.67 bits per heavy atom. The molecule has 27 heavy (non-hydrogen) atoms. The van der Waals surface area contributed by atoms with Gasteiger partial charge in [-0.1, -0.05) is 12.8 Å². The lowest BCUT2D eigenvalue weighted by atomic mass is 9.60. The van der Waals surface area contributed by atoms with Gasteiger partial charge in [0.1, 0.15) is 5.78 Å². The van der Waals surface area contributed by atoms with Crippen LogP contribution in [-0.2, 0) is 4.79 Å². The molecule has 0 aromatic rings. The van der Waals surface area contributed by atoms with E-state index in [2.05, 4.69) is 0 Å². The minimum absolute atomic E-state index is 0.0658. The van der Waals surface area contributed by atoms with Crippen LogP contribution in [0.25, 0.3) is 0 Å². The zero-order chi connectivity index (χ0) is 20.3. The van der Waals surface area contributed by atoms with Gasteiger partial charge in [0.2, 0.25) is 0 Å². The van der Waals surface area contributed by atoms with Crippen molar-refractivity contribution in [2.45, 2.75) is 76.2 Å². The van der Waals surface area contributed by atoms with Crippen molar-refractivity contribution in [3.8, 4) is 11.8 Å². The third-order valence-electron chi connectivity index (χ3n) is 7.03. The highest BCUT2D eigenvalue weighted by atomic mass is 19.4. The summed E-state index contributed by atoms with van der Waals surface area (Å²) in [6.07, 6.45) is -6.97. The molecule has 0 aromatic carbocycles. The minimum atomic E-state index is -5.92. The molecular formula is C19H22F6O2. The van der Waals surface area contributed by atoms with Crippen LogP contribution >= 0.6 is 0 Å². The molecule has 1 N–H and O–H groups in total. The summed E-state index contributed by atoms with van der Waals surface area (Å²) in [4.78, 5) is 12.2. The molecule has 1 unspecified atom stereocenters. The Kier molecular flexibility index (Phi) is 4.66. The number of carbonyl (C=O) groups is 1. The van der Waals surface area contributed by atoms with Crippen LogP contribution < -0.4 is 0 Å². The lowest BCUT2D eigenvalue weighted by Crippen LogP contribution is -2.55. The third-order valence-corrected chi connectivity index (χ3v) is 7.03. The summed E-state index contributed by atoms with van der Waals surface area (Å²) in [6, 6.07) is 0. The predicted octanol–water partition coefficient (Wildman–Crippen LogP) is 4.80. The molecule has 0 radical (unpaired) electrons. The fourth-order valence-electron chi connectivity index (χ4n) is 5.40. The van der Waals surface area contributed by atoms with Crippen LogP contribution in [0.4, 0.5) is 26.3 Å². The Balaban J connectivity index is 1.81. The first-order valence-corrected chi connectivity index (χ1v) is 9.15. The highest BCUT2D eigenvalue weighted by Crippen LogP contribution is 2.68. The molecule has 0 saturated heterocycles. The zero-order valence-corrected chi connectivity index (χ0v) is 14.9. The van der Waals surface area contributed by atoms with Crippen LogP contribution in [0.3, 0.4) is 0 Å². The van der Waals surface area contributed by atoms with E-state index < -0.39 is 23.4 Å². The van der Waals surface area contributed by atoms with E-state index in [1.807, 2.05) is 12.8 Å². The molecule has 3 aliphatic rings. The quantitative estimate of drug-likeness (QED) is 0.538. The van der Waals surface area contributed by atoms with Gasteiger partial charge in [-0.05, 0) is 61.2 Å². The van der Waals surface area contributed by atoms with Crippen LogP contribution in [0.5, 0.6) is 0 Å². The molecule has 3 rings (SSSR count). The maximum absolute atomic E-state index is 12.8. The van der Waals surface area contributed by atoms with Crippen molar-refractivity contribution in [2.24, 2.45) is 22.7 Å². The van der Waals surface area contributed by atoms with Gasteiger partial charge >= 0.3 is 18.0 Å². The second-order valence-corrected chi connectivity index (χ2v) is 8.56. The van der Waals surface area contributed by atoms with E-state index >= 15 is 0 Å². The monoisotopic (exact) mass is 396 g/mol. The van der Waals surface area contributed by atoms with Gasteiger partial charge in [-0.3, -0.25) is 4.79 Å². The van der Waals surface area contributed by atoms with E-state index in [0.29, 0.717) is 19.3 Å². The van der Waals surface area contributed by atoms with E-state index in [4.69, 9.17) is 0 Å². The summed E-state index contributed by atoms with van der Waals surface area (Å²) in [5.41, 5.74) is -5.71. The minimum Gasteiger partial charge on any atom is -0.363 e. The lowest BCUT2D eigenvalue weighted by molar-refractivity contribution is -0.343. The van der Waals surface area contributed by atoms with Crippen molar-refractivity contribution in [3.05, 3.63) is 0 Å². The molecule has 2 nitrogen and oxygen atoms in total. The molecule has 0 aliphatic heterocycles. The first-order chi connectivity index (χ1) is 12.3. The Morgan fingerprint density at radius 1 is 1.07 bits per heavy atom. The Bertz CT molecular complexity index is 665. The van der Waals surface area contributed by atoms with Gasteiger partial charge in [0, 0.05) is 18.8 Å². The van der Waals surface area contributed by atoms with Crippen molar-refractivity contribution in [1.29, 1.82) is 0 Å². The average molecular weight is 396 g/mol. The van der Waals surface area contributed by atoms with E-state index in [1.54, 1.807) is 0 Å². The standard InChI is InChI=1S/C19H22F6O2/c1-15-7-2-4-13(26)12(15)5-6-14(15)16(10-11-16)8-3-9-17(27,18(20,21)22)19(23,24)25/h12,14,27H,2,4-8,10-11H2,1H3/t12?,14-,15-/m0/s1. The van der Waals surface area contributed by atoms with E-state index in [1.165, 1.54) is 0 Å². The normalized spacial score (nSPS) is 33.3. The molecule has 3 fully saturated rings. The van der Waals surface area contributed by atoms with Crippen molar-refractivity contribution < 1.29 is 36.2 Å². The van der Waals surface area contributed by atoms with Crippen LogP contribution in [0.15, 0.2) is 0 Å². The fourth-order valence-corrected chi connectivity index (χ4v) is 5.40. The first-order valence-electron chi connectivity index (χ1n) is 9.15. The maximum atomic E-state index is 12.8. The molecule has 8 heteroatoms. The number of alkyl halides is 6. The van der Waals surface area contributed by atoms with Crippen molar-refractivity contribution in [3.63, 3.8) is 0 Å². The Hall–Kier alpha value is -1.23. The summed E-state index contributed by atoms with van der Waals surface area (Å²) in [5.74, 6) is 3.32. The first kappa shape index (κ1) is 20.5. The van der Waals surface area contributed by atoms with Crippen LogP contribution in [-0.4, -0.2) is 28.8 Å². The SMILES string of the molecule is C[C@]12CCCC(=O)C1CC[C@@H]2C1(CC#CC(O)(C(F)(F)F)C(F)(F)F)CC1. The second-order valence-electron chi connectivity index (χ2n) is 8.56. The van der Waals surface area contributed by atoms with Gasteiger partial charge < -0.3 is 5.11 Å². The maximum Gasteiger partial charge on any atom is 0.438 e. The van der Waals surface area contributed by atoms with E-state index in [9.17, 15) is 36.2 Å². The van der Waals surface area contributed by atoms with Crippen LogP contribution in [0.1, 0.15) is 58.3 Å². The smallest absolute Gasteiger partial charge is 0.363 e. The molecule has 3 aliphatic carbocycles. The Morgan fingerprint density at radius 3 is 2.19 bits per heavy atom. The molecule has 0 aromatic heterocycles. The van der Waals surface area contributed by atoms with Crippen molar-refractivity contribution >= 4 is 5.78 Å². The number of halogens is 6. The van der Waals surface area contributed by atoms with Crippen molar-refractivity contribution in [2.75, 3.05) is 0 Å². The molecule has 152 valence electrons. The van der Waals surface area contributed by atoms with Gasteiger partial charge in [-0.15, -0.1) is 0 Å². The largest absolute Gasteiger partial charge is 0.438 e. The van der Waals surface area contributed by atoms with E-state index in [0.717, 1.165) is 31.6 Å². The highest BCUT2D eigenvalue weighted by molar-refractivity contribution is 5.83. The fraction of sp³-hybridized carbons (Fsp3) is 0.842. The molecule has 0 bridgehead atoms. The summed E-state index contributed by atoms with van der Waals surface area (Å²) < 4.78 is 76.5. The number of rotatable bonds is 2. The van der Waals surface area contributed by atoms with Gasteiger partial charge in [0.15, 0.2) is 0 Å². The van der Waals surface area contributed by atoms with Gasteiger partial charge in [0.05, 0.1) is 0 Å². The predicted molar refractivity (Wildman–Crippen MR) is 84.3 cm³/mol.